The third kappa shape index (κ3) is 5.10. The monoisotopic (exact) mass is 381 g/mol. The summed E-state index contributed by atoms with van der Waals surface area (Å²) in [5.74, 6) is 0. The Morgan fingerprint density at radius 3 is 2.59 bits per heavy atom. The minimum Gasteiger partial charge on any atom is -0.376 e. The molecular formula is C20H25N6S+. The van der Waals surface area contributed by atoms with Gasteiger partial charge in [0.2, 0.25) is 5.13 Å². The van der Waals surface area contributed by atoms with Crippen molar-refractivity contribution in [3.63, 3.8) is 0 Å². The van der Waals surface area contributed by atoms with Crippen molar-refractivity contribution < 1.29 is 4.57 Å². The Hall–Kier alpha value is -2.80. The number of nitrogens with zero attached hydrogens (tertiary/aromatic N) is 6. The molecule has 0 saturated carbocycles. The second kappa shape index (κ2) is 9.23. The smallest absolute Gasteiger partial charge is 0.229 e. The Morgan fingerprint density at radius 2 is 1.93 bits per heavy atom. The van der Waals surface area contributed by atoms with E-state index < -0.39 is 0 Å². The Balaban J connectivity index is 1.79. The van der Waals surface area contributed by atoms with E-state index in [9.17, 15) is 0 Å². The van der Waals surface area contributed by atoms with Crippen LogP contribution in [-0.4, -0.2) is 32.2 Å². The summed E-state index contributed by atoms with van der Waals surface area (Å²) < 4.78 is 2.20. The number of benzene rings is 1. The molecule has 0 amide bonds. The lowest BCUT2D eigenvalue weighted by molar-refractivity contribution is -0.694. The summed E-state index contributed by atoms with van der Waals surface area (Å²) in [5, 5.41) is 11.2. The van der Waals surface area contributed by atoms with Crippen LogP contribution in [0.2, 0.25) is 0 Å². The number of anilines is 2. The van der Waals surface area contributed by atoms with Crippen molar-refractivity contribution in [1.29, 1.82) is 0 Å². The number of pyridine rings is 1. The van der Waals surface area contributed by atoms with Gasteiger partial charge in [0.1, 0.15) is 5.69 Å². The number of azo groups is 1. The van der Waals surface area contributed by atoms with Gasteiger partial charge in [-0.05, 0) is 25.1 Å². The van der Waals surface area contributed by atoms with Gasteiger partial charge in [0.15, 0.2) is 18.9 Å². The number of hydrogen-bond donors (Lipinski definition) is 0. The highest BCUT2D eigenvalue weighted by molar-refractivity contribution is 7.13. The molecule has 0 aliphatic rings. The van der Waals surface area contributed by atoms with Crippen LogP contribution in [0.4, 0.5) is 22.2 Å². The molecule has 0 N–H and O–H groups in total. The van der Waals surface area contributed by atoms with Crippen molar-refractivity contribution in [2.75, 3.05) is 37.0 Å². The first-order valence-electron chi connectivity index (χ1n) is 8.99. The normalized spacial score (nSPS) is 11.1. The van der Waals surface area contributed by atoms with Gasteiger partial charge in [-0.25, -0.2) is 9.55 Å². The summed E-state index contributed by atoms with van der Waals surface area (Å²) in [6, 6.07) is 12.5. The molecule has 0 radical (unpaired) electrons. The summed E-state index contributed by atoms with van der Waals surface area (Å²) in [4.78, 5) is 8.59. The van der Waals surface area contributed by atoms with Gasteiger partial charge in [0.25, 0.3) is 0 Å². The standard InChI is InChI=1S/C20H25N6S/c1-4-26(14-13-25-11-6-5-7-12-25)17-8-9-18(19(16-17)24(2)3)22-23-20-21-10-15-27-20/h5-12,15-16H,4,13-14H2,1-3H3/q+1/b23-22+. The Labute approximate surface area is 164 Å². The van der Waals surface area contributed by atoms with Crippen LogP contribution in [0.15, 0.2) is 70.6 Å². The van der Waals surface area contributed by atoms with E-state index in [1.54, 1.807) is 6.20 Å². The zero-order valence-corrected chi connectivity index (χ0v) is 16.8. The van der Waals surface area contributed by atoms with Crippen molar-refractivity contribution in [2.45, 2.75) is 13.5 Å². The van der Waals surface area contributed by atoms with Crippen LogP contribution in [0.5, 0.6) is 0 Å². The molecule has 0 bridgehead atoms. The molecule has 27 heavy (non-hydrogen) atoms. The minimum atomic E-state index is 0.666. The second-order valence-electron chi connectivity index (χ2n) is 6.28. The molecule has 0 spiro atoms. The molecule has 0 saturated heterocycles. The average molecular weight is 382 g/mol. The minimum absolute atomic E-state index is 0.666. The first-order chi connectivity index (χ1) is 13.2. The van der Waals surface area contributed by atoms with E-state index in [0.717, 1.165) is 31.0 Å². The van der Waals surface area contributed by atoms with Crippen molar-refractivity contribution in [3.05, 3.63) is 60.4 Å². The molecule has 140 valence electrons. The summed E-state index contributed by atoms with van der Waals surface area (Å²) in [6.07, 6.45) is 5.93. The van der Waals surface area contributed by atoms with Crippen molar-refractivity contribution in [3.8, 4) is 0 Å². The molecule has 0 atom stereocenters. The van der Waals surface area contributed by atoms with Gasteiger partial charge >= 0.3 is 0 Å². The molecule has 3 aromatic rings. The molecule has 2 aromatic heterocycles. The molecule has 0 unspecified atom stereocenters. The SMILES string of the molecule is CCN(CC[n+]1ccccc1)c1ccc(/N=N/c2nccs2)c(N(C)C)c1. The van der Waals surface area contributed by atoms with Crippen LogP contribution in [0.1, 0.15) is 6.92 Å². The van der Waals surface area contributed by atoms with Crippen molar-refractivity contribution in [2.24, 2.45) is 10.2 Å². The topological polar surface area (TPSA) is 48.0 Å². The predicted molar refractivity (Wildman–Crippen MR) is 112 cm³/mol. The third-order valence-corrected chi connectivity index (χ3v) is 4.91. The third-order valence-electron chi connectivity index (χ3n) is 4.26. The summed E-state index contributed by atoms with van der Waals surface area (Å²) in [6.45, 7) is 5.01. The molecule has 0 aliphatic carbocycles. The van der Waals surface area contributed by atoms with Crippen molar-refractivity contribution in [1.82, 2.24) is 4.98 Å². The Bertz CT molecular complexity index is 861. The Morgan fingerprint density at radius 1 is 1.11 bits per heavy atom. The lowest BCUT2D eigenvalue weighted by Crippen LogP contribution is -2.40. The molecule has 6 nitrogen and oxygen atoms in total. The molecule has 3 rings (SSSR count). The fourth-order valence-corrected chi connectivity index (χ4v) is 3.26. The fraction of sp³-hybridized carbons (Fsp3) is 0.300. The Kier molecular flexibility index (Phi) is 6.49. The van der Waals surface area contributed by atoms with Gasteiger partial charge in [0.05, 0.1) is 12.2 Å². The van der Waals surface area contributed by atoms with Gasteiger partial charge in [0, 0.05) is 50.0 Å². The summed E-state index contributed by atoms with van der Waals surface area (Å²) in [7, 11) is 4.05. The fourth-order valence-electron chi connectivity index (χ4n) is 2.80. The number of likely N-dealkylation sites (N-methyl/N-ethyl adjacent to an activating group) is 1. The second-order valence-corrected chi connectivity index (χ2v) is 7.15. The van der Waals surface area contributed by atoms with E-state index in [2.05, 4.69) is 73.2 Å². The van der Waals surface area contributed by atoms with E-state index in [1.807, 2.05) is 31.6 Å². The lowest BCUT2D eigenvalue weighted by atomic mass is 10.2. The highest BCUT2D eigenvalue weighted by atomic mass is 32.1. The van der Waals surface area contributed by atoms with E-state index in [-0.39, 0.29) is 0 Å². The molecule has 2 heterocycles. The summed E-state index contributed by atoms with van der Waals surface area (Å²) >= 11 is 1.48. The summed E-state index contributed by atoms with van der Waals surface area (Å²) in [5.41, 5.74) is 3.07. The maximum absolute atomic E-state index is 4.40. The van der Waals surface area contributed by atoms with Gasteiger partial charge in [-0.3, -0.25) is 0 Å². The maximum atomic E-state index is 4.40. The van der Waals surface area contributed by atoms with Crippen LogP contribution < -0.4 is 14.4 Å². The molecular weight excluding hydrogens is 356 g/mol. The van der Waals surface area contributed by atoms with E-state index >= 15 is 0 Å². The zero-order valence-electron chi connectivity index (χ0n) is 16.0. The van der Waals surface area contributed by atoms with Gasteiger partial charge in [-0.2, -0.15) is 0 Å². The van der Waals surface area contributed by atoms with Crippen LogP contribution in [0, 0.1) is 0 Å². The van der Waals surface area contributed by atoms with Crippen LogP contribution >= 0.6 is 11.3 Å². The zero-order chi connectivity index (χ0) is 19.1. The highest BCUT2D eigenvalue weighted by Crippen LogP contribution is 2.33. The van der Waals surface area contributed by atoms with Crippen molar-refractivity contribution >= 4 is 33.5 Å². The largest absolute Gasteiger partial charge is 0.376 e. The van der Waals surface area contributed by atoms with E-state index in [4.69, 9.17) is 0 Å². The predicted octanol–water partition coefficient (Wildman–Crippen LogP) is 4.44. The van der Waals surface area contributed by atoms with E-state index in [1.165, 1.54) is 17.0 Å². The van der Waals surface area contributed by atoms with Gasteiger partial charge in [-0.1, -0.05) is 6.07 Å². The maximum Gasteiger partial charge on any atom is 0.229 e. The number of hydrogen-bond acceptors (Lipinski definition) is 6. The molecule has 7 heteroatoms. The van der Waals surface area contributed by atoms with Crippen LogP contribution in [0.25, 0.3) is 0 Å². The van der Waals surface area contributed by atoms with Gasteiger partial charge < -0.3 is 9.80 Å². The average Bonchev–Trinajstić information content (AvgIpc) is 3.21. The van der Waals surface area contributed by atoms with Crippen LogP contribution in [-0.2, 0) is 6.54 Å². The first kappa shape index (κ1) is 19.0. The molecule has 0 fully saturated rings. The molecule has 0 aliphatic heterocycles. The first-order valence-corrected chi connectivity index (χ1v) is 9.87. The highest BCUT2D eigenvalue weighted by Gasteiger charge is 2.12. The molecule has 1 aromatic carbocycles. The lowest BCUT2D eigenvalue weighted by Gasteiger charge is -2.24. The number of thiazole rings is 1. The number of rotatable bonds is 8. The van der Waals surface area contributed by atoms with E-state index in [0.29, 0.717) is 5.13 Å². The van der Waals surface area contributed by atoms with Crippen LogP contribution in [0.3, 0.4) is 0 Å². The van der Waals surface area contributed by atoms with Gasteiger partial charge in [-0.15, -0.1) is 21.6 Å². The number of aromatic nitrogens is 2. The quantitative estimate of drug-likeness (QED) is 0.428.